The monoisotopic (exact) mass is 253 g/mol. The first-order valence-electron chi connectivity index (χ1n) is 6.19. The van der Waals surface area contributed by atoms with E-state index in [1.807, 2.05) is 48.5 Å². The Morgan fingerprint density at radius 3 is 2.68 bits per heavy atom. The van der Waals surface area contributed by atoms with Crippen LogP contribution in [0.5, 0.6) is 0 Å². The lowest BCUT2D eigenvalue weighted by atomic mass is 10.1. The van der Waals surface area contributed by atoms with Crippen molar-refractivity contribution in [3.63, 3.8) is 0 Å². The number of hydrogen-bond donors (Lipinski definition) is 2. The predicted octanol–water partition coefficient (Wildman–Crippen LogP) is 2.32. The molecule has 0 amide bonds. The van der Waals surface area contributed by atoms with Gasteiger partial charge in [0.25, 0.3) is 0 Å². The highest BCUT2D eigenvalue weighted by atomic mass is 16.3. The molecule has 4 heteroatoms. The summed E-state index contributed by atoms with van der Waals surface area (Å²) in [5.74, 6) is 0. The van der Waals surface area contributed by atoms with Gasteiger partial charge in [0.2, 0.25) is 0 Å². The van der Waals surface area contributed by atoms with E-state index < -0.39 is 6.23 Å². The van der Waals surface area contributed by atoms with Gasteiger partial charge in [-0.25, -0.2) is 4.99 Å². The number of anilines is 1. The second kappa shape index (κ2) is 4.84. The van der Waals surface area contributed by atoms with Crippen LogP contribution in [-0.2, 0) is 6.54 Å². The molecule has 0 saturated heterocycles. The second-order valence-corrected chi connectivity index (χ2v) is 4.42. The SMILES string of the molecule is NCc1ccccc1N1C=Nc2ccccc2C1O. The summed E-state index contributed by atoms with van der Waals surface area (Å²) in [7, 11) is 0. The Morgan fingerprint density at radius 2 is 1.84 bits per heavy atom. The molecule has 0 fully saturated rings. The van der Waals surface area contributed by atoms with Gasteiger partial charge in [-0.15, -0.1) is 0 Å². The zero-order valence-electron chi connectivity index (χ0n) is 10.4. The number of nitrogens with zero attached hydrogens (tertiary/aromatic N) is 2. The molecule has 0 bridgehead atoms. The number of aliphatic hydroxyl groups excluding tert-OH is 1. The molecule has 0 saturated carbocycles. The molecule has 4 nitrogen and oxygen atoms in total. The van der Waals surface area contributed by atoms with Crippen molar-refractivity contribution in [1.82, 2.24) is 0 Å². The second-order valence-electron chi connectivity index (χ2n) is 4.42. The van der Waals surface area contributed by atoms with Gasteiger partial charge in [0.15, 0.2) is 6.23 Å². The maximum absolute atomic E-state index is 10.5. The molecule has 1 aliphatic heterocycles. The van der Waals surface area contributed by atoms with E-state index >= 15 is 0 Å². The van der Waals surface area contributed by atoms with Crippen molar-refractivity contribution in [3.05, 3.63) is 59.7 Å². The van der Waals surface area contributed by atoms with Crippen molar-refractivity contribution in [2.75, 3.05) is 4.90 Å². The number of nitrogens with two attached hydrogens (primary N) is 1. The molecule has 96 valence electrons. The van der Waals surface area contributed by atoms with Gasteiger partial charge in [-0.1, -0.05) is 36.4 Å². The van der Waals surface area contributed by atoms with Crippen LogP contribution in [0.15, 0.2) is 53.5 Å². The largest absolute Gasteiger partial charge is 0.369 e. The Morgan fingerprint density at radius 1 is 1.11 bits per heavy atom. The van der Waals surface area contributed by atoms with E-state index in [-0.39, 0.29) is 0 Å². The van der Waals surface area contributed by atoms with Crippen LogP contribution >= 0.6 is 0 Å². The molecule has 1 heterocycles. The number of fused-ring (bicyclic) bond motifs is 1. The molecule has 19 heavy (non-hydrogen) atoms. The minimum atomic E-state index is -0.735. The third kappa shape index (κ3) is 2.01. The Balaban J connectivity index is 2.05. The molecule has 2 aromatic rings. The van der Waals surface area contributed by atoms with Crippen molar-refractivity contribution in [2.45, 2.75) is 12.8 Å². The van der Waals surface area contributed by atoms with Crippen molar-refractivity contribution in [2.24, 2.45) is 10.7 Å². The number of hydrogen-bond acceptors (Lipinski definition) is 4. The summed E-state index contributed by atoms with van der Waals surface area (Å²) in [5, 5.41) is 10.5. The molecule has 1 unspecified atom stereocenters. The van der Waals surface area contributed by atoms with E-state index in [9.17, 15) is 5.11 Å². The van der Waals surface area contributed by atoms with Gasteiger partial charge in [-0.3, -0.25) is 0 Å². The fourth-order valence-corrected chi connectivity index (χ4v) is 2.29. The molecule has 0 aliphatic carbocycles. The van der Waals surface area contributed by atoms with Crippen LogP contribution in [0.2, 0.25) is 0 Å². The van der Waals surface area contributed by atoms with Crippen molar-refractivity contribution < 1.29 is 5.11 Å². The van der Waals surface area contributed by atoms with Crippen LogP contribution in [0.3, 0.4) is 0 Å². The van der Waals surface area contributed by atoms with Crippen molar-refractivity contribution in [3.8, 4) is 0 Å². The molecule has 2 aromatic carbocycles. The maximum atomic E-state index is 10.5. The summed E-state index contributed by atoms with van der Waals surface area (Å²) in [6.07, 6.45) is 0.919. The van der Waals surface area contributed by atoms with Crippen molar-refractivity contribution in [1.29, 1.82) is 0 Å². The third-order valence-electron chi connectivity index (χ3n) is 3.29. The normalized spacial score (nSPS) is 17.4. The third-order valence-corrected chi connectivity index (χ3v) is 3.29. The van der Waals surface area contributed by atoms with Crippen molar-refractivity contribution >= 4 is 17.7 Å². The van der Waals surface area contributed by atoms with Crippen LogP contribution < -0.4 is 10.6 Å². The number of para-hydroxylation sites is 2. The van der Waals surface area contributed by atoms with Gasteiger partial charge in [0.05, 0.1) is 12.0 Å². The lowest BCUT2D eigenvalue weighted by molar-refractivity contribution is 0.188. The predicted molar refractivity (Wildman–Crippen MR) is 76.4 cm³/mol. The molecule has 1 aliphatic rings. The first-order valence-corrected chi connectivity index (χ1v) is 6.19. The fourth-order valence-electron chi connectivity index (χ4n) is 2.29. The molecule has 0 radical (unpaired) electrons. The van der Waals surface area contributed by atoms with Gasteiger partial charge < -0.3 is 15.7 Å². The molecule has 1 atom stereocenters. The molecule has 3 N–H and O–H groups in total. The van der Waals surface area contributed by atoms with E-state index in [2.05, 4.69) is 4.99 Å². The zero-order chi connectivity index (χ0) is 13.2. The zero-order valence-corrected chi connectivity index (χ0v) is 10.4. The highest BCUT2D eigenvalue weighted by Crippen LogP contribution is 2.35. The molecular weight excluding hydrogens is 238 g/mol. The number of benzene rings is 2. The molecular formula is C15H15N3O. The highest BCUT2D eigenvalue weighted by Gasteiger charge is 2.24. The Kier molecular flexibility index (Phi) is 3.03. The van der Waals surface area contributed by atoms with E-state index in [4.69, 9.17) is 5.73 Å². The van der Waals surface area contributed by atoms with Crippen LogP contribution in [0.1, 0.15) is 17.4 Å². The number of aliphatic hydroxyl groups is 1. The Labute approximate surface area is 111 Å². The first-order chi connectivity index (χ1) is 9.31. The minimum absolute atomic E-state index is 0.425. The summed E-state index contributed by atoms with van der Waals surface area (Å²) in [5.41, 5.74) is 9.21. The van der Waals surface area contributed by atoms with Crippen LogP contribution in [0.25, 0.3) is 0 Å². The quantitative estimate of drug-likeness (QED) is 0.863. The summed E-state index contributed by atoms with van der Waals surface area (Å²) in [6, 6.07) is 15.3. The Hall–Kier alpha value is -2.17. The van der Waals surface area contributed by atoms with E-state index in [0.29, 0.717) is 6.54 Å². The average Bonchev–Trinajstić information content (AvgIpc) is 2.48. The standard InChI is InChI=1S/C15H15N3O/c16-9-11-5-1-4-8-14(11)18-10-17-13-7-3-2-6-12(13)15(18)19/h1-8,10,15,19H,9,16H2. The lowest BCUT2D eigenvalue weighted by Gasteiger charge is -2.31. The number of rotatable bonds is 2. The fraction of sp³-hybridized carbons (Fsp3) is 0.133. The summed E-state index contributed by atoms with van der Waals surface area (Å²) in [6.45, 7) is 0.425. The minimum Gasteiger partial charge on any atom is -0.369 e. The number of aliphatic imine (C=N–C) groups is 1. The smallest absolute Gasteiger partial charge is 0.160 e. The molecule has 3 rings (SSSR count). The van der Waals surface area contributed by atoms with Crippen LogP contribution in [-0.4, -0.2) is 11.4 Å². The van der Waals surface area contributed by atoms with Gasteiger partial charge in [0, 0.05) is 17.8 Å². The first kappa shape index (κ1) is 11.9. The van der Waals surface area contributed by atoms with E-state index in [1.165, 1.54) is 0 Å². The van der Waals surface area contributed by atoms with E-state index in [0.717, 1.165) is 22.5 Å². The van der Waals surface area contributed by atoms with E-state index in [1.54, 1.807) is 11.2 Å². The summed E-state index contributed by atoms with van der Waals surface area (Å²) < 4.78 is 0. The summed E-state index contributed by atoms with van der Waals surface area (Å²) in [4.78, 5) is 6.12. The highest BCUT2D eigenvalue weighted by molar-refractivity contribution is 5.86. The lowest BCUT2D eigenvalue weighted by Crippen LogP contribution is -2.30. The van der Waals surface area contributed by atoms with Gasteiger partial charge in [-0.05, 0) is 17.7 Å². The Bertz CT molecular complexity index is 624. The van der Waals surface area contributed by atoms with Crippen LogP contribution in [0.4, 0.5) is 11.4 Å². The van der Waals surface area contributed by atoms with Gasteiger partial charge in [0.1, 0.15) is 0 Å². The van der Waals surface area contributed by atoms with Gasteiger partial charge in [-0.2, -0.15) is 0 Å². The summed E-state index contributed by atoms with van der Waals surface area (Å²) >= 11 is 0. The van der Waals surface area contributed by atoms with Gasteiger partial charge >= 0.3 is 0 Å². The average molecular weight is 253 g/mol. The topological polar surface area (TPSA) is 61.8 Å². The molecule has 0 aromatic heterocycles. The van der Waals surface area contributed by atoms with Crippen LogP contribution in [0, 0.1) is 0 Å². The molecule has 0 spiro atoms. The maximum Gasteiger partial charge on any atom is 0.160 e.